The van der Waals surface area contributed by atoms with Gasteiger partial charge in [0.15, 0.2) is 11.6 Å². The SMILES string of the molecule is [2H]C([2H])([2H])C1C(=O)c2c(ncn2C([2H])([2H])[2H])N(C([2H])([2H])[2H])C1=O. The second kappa shape index (κ2) is 2.67. The molecule has 5 nitrogen and oxygen atoms in total. The summed E-state index contributed by atoms with van der Waals surface area (Å²) in [6.07, 6.45) is 0.684. The molecule has 0 aliphatic carbocycles. The van der Waals surface area contributed by atoms with Gasteiger partial charge in [0.05, 0.1) is 6.33 Å². The van der Waals surface area contributed by atoms with Crippen molar-refractivity contribution in [1.82, 2.24) is 9.55 Å². The van der Waals surface area contributed by atoms with Crippen molar-refractivity contribution >= 4 is 17.5 Å². The molecule has 0 fully saturated rings. The molecule has 14 heavy (non-hydrogen) atoms. The summed E-state index contributed by atoms with van der Waals surface area (Å²) in [4.78, 5) is 28.2. The molecule has 1 unspecified atom stereocenters. The van der Waals surface area contributed by atoms with Gasteiger partial charge in [0, 0.05) is 26.3 Å². The molecule has 0 saturated heterocycles. The molecule has 0 radical (unpaired) electrons. The number of aromatic nitrogens is 2. The maximum atomic E-state index is 12.4. The number of imidazole rings is 1. The average Bonchev–Trinajstić information content (AvgIpc) is 2.68. The van der Waals surface area contributed by atoms with Gasteiger partial charge < -0.3 is 4.57 Å². The molecule has 1 amide bonds. The minimum absolute atomic E-state index is 0.0863. The number of ketones is 1. The Labute approximate surface area is 94.0 Å². The van der Waals surface area contributed by atoms with E-state index in [1.165, 1.54) is 0 Å². The molecule has 0 aromatic carbocycles. The Balaban J connectivity index is 2.78. The number of anilines is 1. The molecule has 5 heteroatoms. The summed E-state index contributed by atoms with van der Waals surface area (Å²) in [5.74, 6) is -5.73. The number of amides is 1. The quantitative estimate of drug-likeness (QED) is 0.565. The van der Waals surface area contributed by atoms with Crippen molar-refractivity contribution in [3.63, 3.8) is 0 Å². The van der Waals surface area contributed by atoms with E-state index >= 15 is 0 Å². The zero-order chi connectivity index (χ0) is 18.0. The van der Waals surface area contributed by atoms with Gasteiger partial charge in [-0.05, 0) is 6.85 Å². The highest BCUT2D eigenvalue weighted by atomic mass is 16.2. The standard InChI is InChI=1S/C9H11N3O2/c1-5-7(13)6-8(10-4-11(6)2)12(3)9(5)14/h4-5H,1-3H3/i1D3,2D3,3D3. The molecule has 1 aromatic heterocycles. The fourth-order valence-corrected chi connectivity index (χ4v) is 1.21. The van der Waals surface area contributed by atoms with E-state index in [1.54, 1.807) is 0 Å². The van der Waals surface area contributed by atoms with Crippen molar-refractivity contribution in [2.45, 2.75) is 6.85 Å². The lowest BCUT2D eigenvalue weighted by atomic mass is 9.98. The molecule has 1 aliphatic heterocycles. The summed E-state index contributed by atoms with van der Waals surface area (Å²) in [6.45, 7) is -9.14. The smallest absolute Gasteiger partial charge is 0.238 e. The predicted molar refractivity (Wildman–Crippen MR) is 50.1 cm³/mol. The Bertz CT molecular complexity index is 669. The molecular formula is C9H11N3O2. The van der Waals surface area contributed by atoms with Crippen LogP contribution in [0.5, 0.6) is 0 Å². The number of Topliss-reactive ketones (excluding diaryl/α,β-unsaturated/α-hetero) is 1. The van der Waals surface area contributed by atoms with Crippen molar-refractivity contribution in [3.8, 4) is 0 Å². The van der Waals surface area contributed by atoms with E-state index in [0.29, 0.717) is 10.9 Å². The monoisotopic (exact) mass is 202 g/mol. The van der Waals surface area contributed by atoms with Crippen LogP contribution in [0.4, 0.5) is 5.82 Å². The van der Waals surface area contributed by atoms with Crippen molar-refractivity contribution in [2.75, 3.05) is 11.9 Å². The van der Waals surface area contributed by atoms with E-state index in [1.807, 2.05) is 0 Å². The van der Waals surface area contributed by atoms with Gasteiger partial charge in [-0.25, -0.2) is 4.98 Å². The molecular weight excluding hydrogens is 182 g/mol. The Morgan fingerprint density at radius 3 is 3.00 bits per heavy atom. The first kappa shape index (κ1) is 3.18. The zero-order valence-electron chi connectivity index (χ0n) is 15.8. The number of aryl methyl sites for hydroxylation is 1. The topological polar surface area (TPSA) is 55.2 Å². The second-order valence-electron chi connectivity index (χ2n) is 2.76. The van der Waals surface area contributed by atoms with E-state index in [4.69, 9.17) is 12.3 Å². The van der Waals surface area contributed by atoms with Gasteiger partial charge in [-0.1, -0.05) is 0 Å². The molecule has 0 N–H and O–H groups in total. The minimum Gasteiger partial charge on any atom is -0.329 e. The van der Waals surface area contributed by atoms with Gasteiger partial charge in [-0.2, -0.15) is 0 Å². The number of hydrogen-bond donors (Lipinski definition) is 0. The van der Waals surface area contributed by atoms with Crippen LogP contribution in [-0.4, -0.2) is 28.2 Å². The van der Waals surface area contributed by atoms with Gasteiger partial charge in [-0.15, -0.1) is 0 Å². The Morgan fingerprint density at radius 1 is 1.50 bits per heavy atom. The largest absolute Gasteiger partial charge is 0.329 e. The Kier molecular flexibility index (Phi) is 0.607. The summed E-state index contributed by atoms with van der Waals surface area (Å²) in [6, 6.07) is 0. The van der Waals surface area contributed by atoms with Crippen LogP contribution in [0.3, 0.4) is 0 Å². The maximum absolute atomic E-state index is 12.4. The van der Waals surface area contributed by atoms with Crippen LogP contribution in [0.1, 0.15) is 29.7 Å². The molecule has 1 aromatic rings. The second-order valence-corrected chi connectivity index (χ2v) is 2.76. The average molecular weight is 202 g/mol. The van der Waals surface area contributed by atoms with Gasteiger partial charge in [-0.3, -0.25) is 14.5 Å². The number of hydrogen-bond acceptors (Lipinski definition) is 3. The molecule has 0 bridgehead atoms. The van der Waals surface area contributed by atoms with Crippen LogP contribution < -0.4 is 4.90 Å². The van der Waals surface area contributed by atoms with E-state index in [9.17, 15) is 9.59 Å². The first-order chi connectivity index (χ1) is 10.2. The molecule has 1 atom stereocenters. The third kappa shape index (κ3) is 0.921. The van der Waals surface area contributed by atoms with Crippen LogP contribution in [-0.2, 0) is 11.8 Å². The lowest BCUT2D eigenvalue weighted by Crippen LogP contribution is -2.41. The van der Waals surface area contributed by atoms with E-state index in [-0.39, 0.29) is 4.90 Å². The van der Waals surface area contributed by atoms with E-state index in [2.05, 4.69) is 4.98 Å². The van der Waals surface area contributed by atoms with Crippen LogP contribution in [0.15, 0.2) is 6.33 Å². The molecule has 1 aliphatic rings. The van der Waals surface area contributed by atoms with Crippen molar-refractivity contribution in [2.24, 2.45) is 12.9 Å². The maximum Gasteiger partial charge on any atom is 0.238 e. The highest BCUT2D eigenvalue weighted by Gasteiger charge is 2.37. The van der Waals surface area contributed by atoms with Gasteiger partial charge in [0.2, 0.25) is 5.91 Å². The molecule has 2 heterocycles. The first-order valence-corrected chi connectivity index (χ1v) is 3.63. The van der Waals surface area contributed by atoms with Gasteiger partial charge in [0.25, 0.3) is 0 Å². The predicted octanol–water partition coefficient (Wildman–Crippen LogP) is 0.215. The Hall–Kier alpha value is -1.65. The summed E-state index contributed by atoms with van der Waals surface area (Å²) in [7, 11) is 0. The molecule has 74 valence electrons. The molecule has 2 rings (SSSR count). The number of carbonyl (C=O) groups excluding carboxylic acids is 2. The number of rotatable bonds is 0. The first-order valence-electron chi connectivity index (χ1n) is 8.13. The molecule has 0 spiro atoms. The number of nitrogens with zero attached hydrogens (tertiary/aromatic N) is 3. The van der Waals surface area contributed by atoms with E-state index < -0.39 is 49.9 Å². The van der Waals surface area contributed by atoms with Gasteiger partial charge >= 0.3 is 0 Å². The normalized spacial score (nSPS) is 33.6. The molecule has 0 saturated carbocycles. The fourth-order valence-electron chi connectivity index (χ4n) is 1.21. The van der Waals surface area contributed by atoms with Crippen molar-refractivity contribution in [3.05, 3.63) is 12.0 Å². The highest BCUT2D eigenvalue weighted by molar-refractivity contribution is 6.19. The van der Waals surface area contributed by atoms with E-state index in [0.717, 1.165) is 0 Å². The van der Waals surface area contributed by atoms with Crippen LogP contribution in [0.25, 0.3) is 0 Å². The van der Waals surface area contributed by atoms with Crippen molar-refractivity contribution in [1.29, 1.82) is 0 Å². The Morgan fingerprint density at radius 2 is 2.36 bits per heavy atom. The third-order valence-corrected chi connectivity index (χ3v) is 1.92. The van der Waals surface area contributed by atoms with Crippen LogP contribution >= 0.6 is 0 Å². The summed E-state index contributed by atoms with van der Waals surface area (Å²) in [5, 5.41) is 0. The lowest BCUT2D eigenvalue weighted by Gasteiger charge is -2.25. The lowest BCUT2D eigenvalue weighted by molar-refractivity contribution is -0.120. The highest BCUT2D eigenvalue weighted by Crippen LogP contribution is 2.27. The number of carbonyl (C=O) groups is 2. The summed E-state index contributed by atoms with van der Waals surface area (Å²) in [5.41, 5.74) is -0.734. The summed E-state index contributed by atoms with van der Waals surface area (Å²) < 4.78 is 66.4. The van der Waals surface area contributed by atoms with Crippen LogP contribution in [0, 0.1) is 5.92 Å². The minimum atomic E-state index is -3.13. The zero-order valence-corrected chi connectivity index (χ0v) is 6.81. The third-order valence-electron chi connectivity index (χ3n) is 1.92. The fraction of sp³-hybridized carbons (Fsp3) is 0.444. The van der Waals surface area contributed by atoms with Gasteiger partial charge in [0.1, 0.15) is 11.6 Å². The summed E-state index contributed by atoms with van der Waals surface area (Å²) >= 11 is 0. The van der Waals surface area contributed by atoms with Crippen molar-refractivity contribution < 1.29 is 21.9 Å². The van der Waals surface area contributed by atoms with Crippen LogP contribution in [0.2, 0.25) is 0 Å². The number of fused-ring (bicyclic) bond motifs is 1.